The number of rotatable bonds is 4. The summed E-state index contributed by atoms with van der Waals surface area (Å²) in [7, 11) is 0. The van der Waals surface area contributed by atoms with Gasteiger partial charge in [0.1, 0.15) is 6.61 Å². The summed E-state index contributed by atoms with van der Waals surface area (Å²) in [6, 6.07) is 0. The first-order valence-corrected chi connectivity index (χ1v) is 3.55. The highest BCUT2D eigenvalue weighted by molar-refractivity contribution is 5.72. The van der Waals surface area contributed by atoms with Crippen molar-refractivity contribution in [3.8, 4) is 0 Å². The number of ether oxygens (including phenoxy) is 1. The van der Waals surface area contributed by atoms with Gasteiger partial charge in [-0.2, -0.15) is 0 Å². The van der Waals surface area contributed by atoms with E-state index in [1.165, 1.54) is 6.08 Å². The van der Waals surface area contributed by atoms with Crippen molar-refractivity contribution in [3.05, 3.63) is 12.7 Å². The van der Waals surface area contributed by atoms with E-state index in [0.29, 0.717) is 0 Å². The van der Waals surface area contributed by atoms with E-state index in [1.54, 1.807) is 13.8 Å². The topological polar surface area (TPSA) is 46.5 Å². The van der Waals surface area contributed by atoms with Gasteiger partial charge < -0.3 is 9.84 Å². The van der Waals surface area contributed by atoms with E-state index >= 15 is 0 Å². The second-order valence-electron chi connectivity index (χ2n) is 2.45. The molecule has 0 spiro atoms. The molecule has 0 saturated heterocycles. The lowest BCUT2D eigenvalue weighted by molar-refractivity contribution is -0.149. The maximum Gasteiger partial charge on any atom is 0.311 e. The monoisotopic (exact) mass is 158 g/mol. The number of carbonyl (C=O) groups is 1. The first-order valence-electron chi connectivity index (χ1n) is 3.55. The fourth-order valence-electron chi connectivity index (χ4n) is 0.469. The summed E-state index contributed by atoms with van der Waals surface area (Å²) in [6.45, 7) is 6.78. The first-order chi connectivity index (χ1) is 5.09. The second-order valence-corrected chi connectivity index (χ2v) is 2.45. The summed E-state index contributed by atoms with van der Waals surface area (Å²) in [5, 5.41) is 8.96. The highest BCUT2D eigenvalue weighted by atomic mass is 16.5. The number of hydrogen-bond acceptors (Lipinski definition) is 3. The number of aliphatic hydroxyl groups is 1. The smallest absolute Gasteiger partial charge is 0.311 e. The van der Waals surface area contributed by atoms with Gasteiger partial charge in [-0.05, 0) is 13.8 Å². The van der Waals surface area contributed by atoms with Crippen LogP contribution in [0.4, 0.5) is 0 Å². The number of carbonyl (C=O) groups excluding carboxylic acids is 1. The Kier molecular flexibility index (Phi) is 4.54. The molecule has 3 nitrogen and oxygen atoms in total. The van der Waals surface area contributed by atoms with Gasteiger partial charge in [-0.15, -0.1) is 0 Å². The van der Waals surface area contributed by atoms with Crippen LogP contribution < -0.4 is 0 Å². The molecule has 0 aromatic rings. The van der Waals surface area contributed by atoms with Gasteiger partial charge in [0.2, 0.25) is 0 Å². The van der Waals surface area contributed by atoms with Crippen molar-refractivity contribution < 1.29 is 14.6 Å². The van der Waals surface area contributed by atoms with Crippen LogP contribution >= 0.6 is 0 Å². The normalized spacial score (nSPS) is 15.2. The minimum atomic E-state index is -0.660. The van der Waals surface area contributed by atoms with Crippen molar-refractivity contribution in [3.63, 3.8) is 0 Å². The first kappa shape index (κ1) is 10.2. The summed E-state index contributed by atoms with van der Waals surface area (Å²) < 4.78 is 4.70. The second kappa shape index (κ2) is 4.91. The van der Waals surface area contributed by atoms with Gasteiger partial charge in [0.25, 0.3) is 0 Å². The van der Waals surface area contributed by atoms with Crippen LogP contribution in [-0.4, -0.2) is 23.8 Å². The van der Waals surface area contributed by atoms with E-state index in [0.717, 1.165) is 0 Å². The van der Waals surface area contributed by atoms with Gasteiger partial charge in [0, 0.05) is 0 Å². The standard InChI is InChI=1S/C8H14O3/c1-4-5-11-8(10)6(2)7(3)9/h4,6-7,9H,1,5H2,2-3H3/t6-,7+/m0/s1. The zero-order chi connectivity index (χ0) is 8.85. The van der Waals surface area contributed by atoms with E-state index in [9.17, 15) is 4.79 Å². The summed E-state index contributed by atoms with van der Waals surface area (Å²) in [6.07, 6.45) is 0.833. The molecular formula is C8H14O3. The molecule has 0 saturated carbocycles. The summed E-state index contributed by atoms with van der Waals surface area (Å²) >= 11 is 0. The van der Waals surface area contributed by atoms with E-state index in [1.807, 2.05) is 0 Å². The molecule has 0 aromatic heterocycles. The van der Waals surface area contributed by atoms with Crippen molar-refractivity contribution in [2.45, 2.75) is 20.0 Å². The number of esters is 1. The minimum Gasteiger partial charge on any atom is -0.461 e. The molecule has 64 valence electrons. The van der Waals surface area contributed by atoms with Crippen molar-refractivity contribution in [1.82, 2.24) is 0 Å². The lowest BCUT2D eigenvalue weighted by atomic mass is 10.1. The molecule has 2 atom stereocenters. The van der Waals surface area contributed by atoms with Crippen LogP contribution in [0, 0.1) is 5.92 Å². The zero-order valence-electron chi connectivity index (χ0n) is 6.91. The van der Waals surface area contributed by atoms with Gasteiger partial charge in [0.15, 0.2) is 0 Å². The molecule has 0 amide bonds. The van der Waals surface area contributed by atoms with Crippen molar-refractivity contribution in [2.75, 3.05) is 6.61 Å². The molecule has 0 unspecified atom stereocenters. The average molecular weight is 158 g/mol. The summed E-state index contributed by atoms with van der Waals surface area (Å²) in [5.74, 6) is -0.852. The van der Waals surface area contributed by atoms with Gasteiger partial charge in [-0.3, -0.25) is 4.79 Å². The molecule has 0 heterocycles. The Morgan fingerprint density at radius 1 is 1.73 bits per heavy atom. The predicted octanol–water partition coefficient (Wildman–Crippen LogP) is 0.732. The van der Waals surface area contributed by atoms with Crippen molar-refractivity contribution in [2.24, 2.45) is 5.92 Å². The fourth-order valence-corrected chi connectivity index (χ4v) is 0.469. The third-order valence-electron chi connectivity index (χ3n) is 1.44. The van der Waals surface area contributed by atoms with Crippen molar-refractivity contribution >= 4 is 5.97 Å². The van der Waals surface area contributed by atoms with E-state index in [4.69, 9.17) is 9.84 Å². The van der Waals surface area contributed by atoms with Crippen LogP contribution in [0.25, 0.3) is 0 Å². The Morgan fingerprint density at radius 3 is 2.64 bits per heavy atom. The van der Waals surface area contributed by atoms with E-state index in [-0.39, 0.29) is 12.6 Å². The van der Waals surface area contributed by atoms with Crippen LogP contribution in [0.15, 0.2) is 12.7 Å². The summed E-state index contributed by atoms with van der Waals surface area (Å²) in [5.41, 5.74) is 0. The van der Waals surface area contributed by atoms with Crippen LogP contribution in [0.2, 0.25) is 0 Å². The molecule has 0 rings (SSSR count). The minimum absolute atomic E-state index is 0.204. The Bertz CT molecular complexity index is 140. The molecule has 0 radical (unpaired) electrons. The van der Waals surface area contributed by atoms with Crippen LogP contribution in [-0.2, 0) is 9.53 Å². The van der Waals surface area contributed by atoms with Gasteiger partial charge in [0.05, 0.1) is 12.0 Å². The maximum atomic E-state index is 10.9. The SMILES string of the molecule is C=CCOC(=O)[C@@H](C)[C@@H](C)O. The molecule has 0 fully saturated rings. The van der Waals surface area contributed by atoms with E-state index in [2.05, 4.69) is 6.58 Å². The molecule has 0 aromatic carbocycles. The van der Waals surface area contributed by atoms with Crippen LogP contribution in [0.1, 0.15) is 13.8 Å². The highest BCUT2D eigenvalue weighted by Gasteiger charge is 2.18. The molecule has 3 heteroatoms. The van der Waals surface area contributed by atoms with Gasteiger partial charge in [-0.1, -0.05) is 12.7 Å². The van der Waals surface area contributed by atoms with E-state index < -0.39 is 12.0 Å². The largest absolute Gasteiger partial charge is 0.461 e. The fraction of sp³-hybridized carbons (Fsp3) is 0.625. The average Bonchev–Trinajstić information content (AvgIpc) is 1.98. The third-order valence-corrected chi connectivity index (χ3v) is 1.44. The maximum absolute atomic E-state index is 10.9. The third kappa shape index (κ3) is 3.78. The van der Waals surface area contributed by atoms with Crippen LogP contribution in [0.5, 0.6) is 0 Å². The Labute approximate surface area is 66.7 Å². The molecule has 11 heavy (non-hydrogen) atoms. The Hall–Kier alpha value is -0.830. The van der Waals surface area contributed by atoms with Crippen molar-refractivity contribution in [1.29, 1.82) is 0 Å². The molecule has 0 aliphatic carbocycles. The van der Waals surface area contributed by atoms with Gasteiger partial charge in [-0.25, -0.2) is 0 Å². The summed E-state index contributed by atoms with van der Waals surface area (Å²) in [4.78, 5) is 10.9. The predicted molar refractivity (Wildman–Crippen MR) is 42.0 cm³/mol. The Morgan fingerprint density at radius 2 is 2.27 bits per heavy atom. The number of aliphatic hydroxyl groups excluding tert-OH is 1. The highest BCUT2D eigenvalue weighted by Crippen LogP contribution is 2.03. The zero-order valence-corrected chi connectivity index (χ0v) is 6.91. The van der Waals surface area contributed by atoms with Gasteiger partial charge >= 0.3 is 5.97 Å². The van der Waals surface area contributed by atoms with Crippen LogP contribution in [0.3, 0.4) is 0 Å². The molecular weight excluding hydrogens is 144 g/mol. The lowest BCUT2D eigenvalue weighted by Gasteiger charge is -2.12. The quantitative estimate of drug-likeness (QED) is 0.484. The number of hydrogen-bond donors (Lipinski definition) is 1. The molecule has 0 aliphatic rings. The lowest BCUT2D eigenvalue weighted by Crippen LogP contribution is -2.24. The molecule has 1 N–H and O–H groups in total. The molecule has 0 bridgehead atoms. The Balaban J connectivity index is 3.73. The molecule has 0 aliphatic heterocycles.